The van der Waals surface area contributed by atoms with Crippen LogP contribution in [-0.4, -0.2) is 10.9 Å². The molecule has 1 unspecified atom stereocenters. The van der Waals surface area contributed by atoms with Crippen molar-refractivity contribution in [2.45, 2.75) is 92.4 Å². The summed E-state index contributed by atoms with van der Waals surface area (Å²) < 4.78 is 27.5. The molecule has 0 fully saturated rings. The number of nitrogens with one attached hydrogen (secondary N) is 3. The van der Waals surface area contributed by atoms with Gasteiger partial charge in [0.05, 0.1) is 5.69 Å². The summed E-state index contributed by atoms with van der Waals surface area (Å²) in [4.78, 5) is 16.8. The zero-order chi connectivity index (χ0) is 29.9. The van der Waals surface area contributed by atoms with Gasteiger partial charge in [0.2, 0.25) is 0 Å². The van der Waals surface area contributed by atoms with Gasteiger partial charge in [-0.1, -0.05) is 64.2 Å². The van der Waals surface area contributed by atoms with Crippen molar-refractivity contribution in [1.29, 1.82) is 0 Å². The fourth-order valence-corrected chi connectivity index (χ4v) is 5.16. The van der Waals surface area contributed by atoms with Crippen molar-refractivity contribution in [3.63, 3.8) is 0 Å². The van der Waals surface area contributed by atoms with Crippen LogP contribution in [0.1, 0.15) is 112 Å². The van der Waals surface area contributed by atoms with Gasteiger partial charge in [0.15, 0.2) is 0 Å². The van der Waals surface area contributed by atoms with E-state index in [0.29, 0.717) is 22.9 Å². The molecule has 3 aromatic rings. The van der Waals surface area contributed by atoms with Gasteiger partial charge < -0.3 is 15.6 Å². The highest BCUT2D eigenvalue weighted by Crippen LogP contribution is 2.30. The number of amides is 1. The first-order chi connectivity index (χ1) is 19.7. The molecule has 0 aliphatic rings. The van der Waals surface area contributed by atoms with Crippen molar-refractivity contribution in [3.05, 3.63) is 99.5 Å². The van der Waals surface area contributed by atoms with Crippen molar-refractivity contribution in [1.82, 2.24) is 4.98 Å². The number of rotatable bonds is 14. The van der Waals surface area contributed by atoms with E-state index in [0.717, 1.165) is 53.5 Å². The number of aromatic nitrogens is 1. The topological polar surface area (TPSA) is 56.9 Å². The highest BCUT2D eigenvalue weighted by molar-refractivity contribution is 6.06. The Hall–Kier alpha value is -3.67. The van der Waals surface area contributed by atoms with Crippen LogP contribution in [0.15, 0.2) is 59.8 Å². The number of aromatic amines is 1. The molecule has 1 aromatic heterocycles. The fraction of sp³-hybridized carbons (Fsp3) is 0.400. The molecule has 0 saturated carbocycles. The van der Waals surface area contributed by atoms with Crippen LogP contribution >= 0.6 is 0 Å². The van der Waals surface area contributed by atoms with E-state index >= 15 is 0 Å². The predicted octanol–water partition coefficient (Wildman–Crippen LogP) is 10.3. The summed E-state index contributed by atoms with van der Waals surface area (Å²) in [5, 5.41) is 6.25. The third-order valence-electron chi connectivity index (χ3n) is 7.44. The average Bonchev–Trinajstić information content (AvgIpc) is 3.23. The quantitative estimate of drug-likeness (QED) is 0.135. The monoisotopic (exact) mass is 561 g/mol. The van der Waals surface area contributed by atoms with Crippen LogP contribution in [0.2, 0.25) is 0 Å². The van der Waals surface area contributed by atoms with E-state index in [1.807, 2.05) is 52.0 Å². The number of anilines is 2. The average molecular weight is 562 g/mol. The van der Waals surface area contributed by atoms with Crippen molar-refractivity contribution in [3.8, 4) is 0 Å². The van der Waals surface area contributed by atoms with Gasteiger partial charge in [-0.25, -0.2) is 8.78 Å². The van der Waals surface area contributed by atoms with Gasteiger partial charge in [-0.05, 0) is 87.9 Å². The van der Waals surface area contributed by atoms with Crippen molar-refractivity contribution < 1.29 is 13.6 Å². The van der Waals surface area contributed by atoms with Crippen LogP contribution < -0.4 is 10.6 Å². The summed E-state index contributed by atoms with van der Waals surface area (Å²) in [7, 11) is 0. The third-order valence-corrected chi connectivity index (χ3v) is 7.44. The zero-order valence-electron chi connectivity index (χ0n) is 25.4. The number of unbranched alkanes of at least 4 members (excludes halogenated alkanes) is 2. The van der Waals surface area contributed by atoms with Crippen LogP contribution in [-0.2, 0) is 6.42 Å². The lowest BCUT2D eigenvalue weighted by Gasteiger charge is -2.17. The molecular formula is C35H45F2N3O. The molecule has 0 bridgehead atoms. The van der Waals surface area contributed by atoms with Crippen LogP contribution in [0, 0.1) is 18.6 Å². The maximum Gasteiger partial charge on any atom is 0.255 e. The second-order valence-electron chi connectivity index (χ2n) is 11.0. The molecule has 41 heavy (non-hydrogen) atoms. The SMILES string of the molecule is CCCCCC(CCC)c1ccc(C(=O)Nc2c(CC)[nH]c(C)c2/C=C\C(Nc2cc(F)cc(F)c2)=C(C)C)cc1. The van der Waals surface area contributed by atoms with Crippen LogP contribution in [0.25, 0.3) is 6.08 Å². The maximum atomic E-state index is 13.7. The van der Waals surface area contributed by atoms with Crippen molar-refractivity contribution >= 4 is 23.4 Å². The molecule has 0 aliphatic heterocycles. The Bertz CT molecular complexity index is 1340. The van der Waals surface area contributed by atoms with E-state index in [1.54, 1.807) is 0 Å². The molecule has 0 saturated heterocycles. The second kappa shape index (κ2) is 15.4. The number of allylic oxidation sites excluding steroid dienone is 2. The van der Waals surface area contributed by atoms with Crippen LogP contribution in [0.3, 0.4) is 0 Å². The van der Waals surface area contributed by atoms with Gasteiger partial charge in [0.1, 0.15) is 11.6 Å². The number of H-pyrrole nitrogens is 1. The van der Waals surface area contributed by atoms with Crippen LogP contribution in [0.4, 0.5) is 20.2 Å². The number of halogens is 2. The lowest BCUT2D eigenvalue weighted by Crippen LogP contribution is -2.13. The first-order valence-corrected chi connectivity index (χ1v) is 14.9. The largest absolute Gasteiger partial charge is 0.360 e. The molecule has 0 radical (unpaired) electrons. The van der Waals surface area contributed by atoms with E-state index in [9.17, 15) is 13.6 Å². The van der Waals surface area contributed by atoms with Gasteiger partial charge in [-0.2, -0.15) is 0 Å². The van der Waals surface area contributed by atoms with E-state index in [-0.39, 0.29) is 5.91 Å². The molecule has 0 spiro atoms. The highest BCUT2D eigenvalue weighted by Gasteiger charge is 2.17. The van der Waals surface area contributed by atoms with Gasteiger partial charge in [0.25, 0.3) is 5.91 Å². The Kier molecular flexibility index (Phi) is 11.9. The fourth-order valence-electron chi connectivity index (χ4n) is 5.16. The Morgan fingerprint density at radius 3 is 2.20 bits per heavy atom. The van der Waals surface area contributed by atoms with Gasteiger partial charge in [-0.15, -0.1) is 0 Å². The first kappa shape index (κ1) is 31.9. The van der Waals surface area contributed by atoms with Gasteiger partial charge >= 0.3 is 0 Å². The summed E-state index contributed by atoms with van der Waals surface area (Å²) in [5.41, 5.74) is 7.35. The molecular weight excluding hydrogens is 516 g/mol. The van der Waals surface area contributed by atoms with Gasteiger partial charge in [0, 0.05) is 40.0 Å². The number of carbonyl (C=O) groups is 1. The molecule has 2 aromatic carbocycles. The predicted molar refractivity (Wildman–Crippen MR) is 168 cm³/mol. The number of hydrogen-bond acceptors (Lipinski definition) is 2. The highest BCUT2D eigenvalue weighted by atomic mass is 19.1. The molecule has 0 aliphatic carbocycles. The third kappa shape index (κ3) is 8.91. The van der Waals surface area contributed by atoms with Gasteiger partial charge in [-0.3, -0.25) is 4.79 Å². The first-order valence-electron chi connectivity index (χ1n) is 14.9. The lowest BCUT2D eigenvalue weighted by atomic mass is 9.89. The summed E-state index contributed by atoms with van der Waals surface area (Å²) in [6.45, 7) is 12.3. The molecule has 3 N–H and O–H groups in total. The molecule has 3 rings (SSSR count). The minimum atomic E-state index is -0.644. The summed E-state index contributed by atoms with van der Waals surface area (Å²) >= 11 is 0. The molecule has 4 nitrogen and oxygen atoms in total. The molecule has 220 valence electrons. The van der Waals surface area contributed by atoms with Crippen LogP contribution in [0.5, 0.6) is 0 Å². The minimum absolute atomic E-state index is 0.159. The Morgan fingerprint density at radius 2 is 1.61 bits per heavy atom. The number of carbonyl (C=O) groups excluding carboxylic acids is 1. The maximum absolute atomic E-state index is 13.7. The number of benzene rings is 2. The molecule has 6 heteroatoms. The van der Waals surface area contributed by atoms with E-state index < -0.39 is 11.6 Å². The Labute approximate surface area is 244 Å². The number of aryl methyl sites for hydroxylation is 2. The second-order valence-corrected chi connectivity index (χ2v) is 11.0. The number of hydrogen-bond donors (Lipinski definition) is 3. The smallest absolute Gasteiger partial charge is 0.255 e. The molecule has 1 heterocycles. The van der Waals surface area contributed by atoms with E-state index in [2.05, 4.69) is 41.6 Å². The lowest BCUT2D eigenvalue weighted by molar-refractivity contribution is 0.102. The Balaban J connectivity index is 1.82. The summed E-state index contributed by atoms with van der Waals surface area (Å²) in [6, 6.07) is 11.4. The van der Waals surface area contributed by atoms with E-state index in [1.165, 1.54) is 43.4 Å². The summed E-state index contributed by atoms with van der Waals surface area (Å²) in [6.07, 6.45) is 11.7. The zero-order valence-corrected chi connectivity index (χ0v) is 25.4. The molecule has 1 amide bonds. The summed E-state index contributed by atoms with van der Waals surface area (Å²) in [5.74, 6) is -0.919. The normalized spacial score (nSPS) is 12.0. The molecule has 1 atom stereocenters. The minimum Gasteiger partial charge on any atom is -0.360 e. The Morgan fingerprint density at radius 1 is 0.927 bits per heavy atom. The van der Waals surface area contributed by atoms with Crippen molar-refractivity contribution in [2.24, 2.45) is 0 Å². The standard InChI is InChI=1S/C35H45F2N3O/c1-7-10-11-13-25(12-8-2)26-14-16-27(17-15-26)35(41)40-34-31(24(6)38-32(34)9-3)18-19-33(23(4)5)39-30-21-28(36)20-29(37)22-30/h14-22,25,38-39H,7-13H2,1-6H3,(H,40,41)/b19-18-. The van der Waals surface area contributed by atoms with Crippen molar-refractivity contribution in [2.75, 3.05) is 10.6 Å². The van der Waals surface area contributed by atoms with E-state index in [4.69, 9.17) is 0 Å².